The van der Waals surface area contributed by atoms with Gasteiger partial charge >= 0.3 is 0 Å². The standard InChI is InChI=1S/C9H6BrClN2OS2/c10-7-1-5(3-15-7)8(14)13-9-12-6(2-11)4-16-9/h1,3-4H,2H2,(H,12,13,14). The van der Waals surface area contributed by atoms with Crippen molar-refractivity contribution in [3.63, 3.8) is 0 Å². The van der Waals surface area contributed by atoms with Crippen LogP contribution in [0.2, 0.25) is 0 Å². The third-order valence-corrected chi connectivity index (χ3v) is 4.32. The minimum absolute atomic E-state index is 0.155. The maximum atomic E-state index is 11.7. The Labute approximate surface area is 114 Å². The number of thiophene rings is 1. The van der Waals surface area contributed by atoms with Crippen LogP contribution >= 0.6 is 50.2 Å². The van der Waals surface area contributed by atoms with E-state index in [1.807, 2.05) is 5.38 Å². The van der Waals surface area contributed by atoms with E-state index in [4.69, 9.17) is 11.6 Å². The van der Waals surface area contributed by atoms with Crippen molar-refractivity contribution in [2.45, 2.75) is 5.88 Å². The molecule has 0 saturated heterocycles. The van der Waals surface area contributed by atoms with E-state index in [1.165, 1.54) is 22.7 Å². The number of nitrogens with one attached hydrogen (secondary N) is 1. The van der Waals surface area contributed by atoms with Gasteiger partial charge in [-0.15, -0.1) is 34.3 Å². The number of rotatable bonds is 3. The summed E-state index contributed by atoms with van der Waals surface area (Å²) in [5, 5.41) is 6.91. The zero-order valence-electron chi connectivity index (χ0n) is 7.87. The molecule has 2 rings (SSSR count). The normalized spacial score (nSPS) is 10.4. The lowest BCUT2D eigenvalue weighted by atomic mass is 10.3. The van der Waals surface area contributed by atoms with Gasteiger partial charge in [-0.1, -0.05) is 0 Å². The van der Waals surface area contributed by atoms with Gasteiger partial charge in [0.2, 0.25) is 0 Å². The Hall–Kier alpha value is -0.430. The van der Waals surface area contributed by atoms with E-state index in [9.17, 15) is 4.79 Å². The molecule has 16 heavy (non-hydrogen) atoms. The topological polar surface area (TPSA) is 42.0 Å². The molecule has 0 bridgehead atoms. The summed E-state index contributed by atoms with van der Waals surface area (Å²) in [6, 6.07) is 1.77. The molecule has 2 heterocycles. The summed E-state index contributed by atoms with van der Waals surface area (Å²) < 4.78 is 0.929. The molecule has 0 fully saturated rings. The molecule has 2 aromatic heterocycles. The largest absolute Gasteiger partial charge is 0.298 e. The first kappa shape index (κ1) is 12.0. The molecule has 0 unspecified atom stereocenters. The number of alkyl halides is 1. The predicted molar refractivity (Wildman–Crippen MR) is 71.6 cm³/mol. The predicted octanol–water partition coefficient (Wildman–Crippen LogP) is 3.96. The molecular weight excluding hydrogens is 332 g/mol. The smallest absolute Gasteiger partial charge is 0.258 e. The average Bonchev–Trinajstić information content (AvgIpc) is 2.87. The molecule has 0 saturated carbocycles. The first-order chi connectivity index (χ1) is 7.69. The first-order valence-corrected chi connectivity index (χ1v) is 7.33. The molecule has 0 aromatic carbocycles. The number of halogens is 2. The molecule has 1 N–H and O–H groups in total. The second-order valence-corrected chi connectivity index (χ2v) is 6.29. The Balaban J connectivity index is 2.07. The quantitative estimate of drug-likeness (QED) is 0.861. The molecule has 0 radical (unpaired) electrons. The summed E-state index contributed by atoms with van der Waals surface area (Å²) in [7, 11) is 0. The van der Waals surface area contributed by atoms with Crippen LogP contribution in [0.5, 0.6) is 0 Å². The van der Waals surface area contributed by atoms with E-state index >= 15 is 0 Å². The van der Waals surface area contributed by atoms with Crippen LogP contribution < -0.4 is 5.32 Å². The highest BCUT2D eigenvalue weighted by Crippen LogP contribution is 2.22. The van der Waals surface area contributed by atoms with Crippen molar-refractivity contribution in [3.05, 3.63) is 31.9 Å². The van der Waals surface area contributed by atoms with Gasteiger partial charge in [0.25, 0.3) is 5.91 Å². The fourth-order valence-corrected chi connectivity index (χ4v) is 3.09. The molecule has 0 aliphatic carbocycles. The summed E-state index contributed by atoms with van der Waals surface area (Å²) in [5.41, 5.74) is 1.40. The summed E-state index contributed by atoms with van der Waals surface area (Å²) in [6.07, 6.45) is 0. The van der Waals surface area contributed by atoms with Gasteiger partial charge in [0.1, 0.15) is 0 Å². The monoisotopic (exact) mass is 336 g/mol. The van der Waals surface area contributed by atoms with Crippen LogP contribution in [0.15, 0.2) is 20.6 Å². The Morgan fingerprint density at radius 3 is 2.88 bits per heavy atom. The number of carbonyl (C=O) groups is 1. The Kier molecular flexibility index (Phi) is 3.96. The lowest BCUT2D eigenvalue weighted by Crippen LogP contribution is -2.10. The number of hydrogen-bond acceptors (Lipinski definition) is 4. The van der Waals surface area contributed by atoms with Gasteiger partial charge in [0, 0.05) is 10.8 Å². The molecule has 0 aliphatic rings. The van der Waals surface area contributed by atoms with Gasteiger partial charge in [0.05, 0.1) is 20.9 Å². The third-order valence-electron chi connectivity index (χ3n) is 1.74. The van der Waals surface area contributed by atoms with Crippen molar-refractivity contribution < 1.29 is 4.79 Å². The molecule has 3 nitrogen and oxygen atoms in total. The van der Waals surface area contributed by atoms with Crippen LogP contribution in [-0.2, 0) is 5.88 Å². The van der Waals surface area contributed by atoms with Crippen molar-refractivity contribution in [2.75, 3.05) is 5.32 Å². The van der Waals surface area contributed by atoms with Crippen LogP contribution in [0.4, 0.5) is 5.13 Å². The third kappa shape index (κ3) is 2.82. The zero-order valence-corrected chi connectivity index (χ0v) is 11.8. The second kappa shape index (κ2) is 5.27. The van der Waals surface area contributed by atoms with Crippen molar-refractivity contribution in [1.29, 1.82) is 0 Å². The maximum absolute atomic E-state index is 11.7. The summed E-state index contributed by atoms with van der Waals surface area (Å²) in [4.78, 5) is 15.9. The summed E-state index contributed by atoms with van der Waals surface area (Å²) in [5.74, 6) is 0.202. The van der Waals surface area contributed by atoms with Gasteiger partial charge in [-0.05, 0) is 22.0 Å². The van der Waals surface area contributed by atoms with Gasteiger partial charge in [0.15, 0.2) is 5.13 Å². The number of hydrogen-bond donors (Lipinski definition) is 1. The lowest BCUT2D eigenvalue weighted by molar-refractivity contribution is 0.102. The van der Waals surface area contributed by atoms with Crippen molar-refractivity contribution in [2.24, 2.45) is 0 Å². The van der Waals surface area contributed by atoms with E-state index in [2.05, 4.69) is 26.2 Å². The van der Waals surface area contributed by atoms with Gasteiger partial charge in [-0.2, -0.15) is 0 Å². The van der Waals surface area contributed by atoms with Gasteiger partial charge < -0.3 is 0 Å². The Bertz CT molecular complexity index is 511. The van der Waals surface area contributed by atoms with Crippen LogP contribution in [-0.4, -0.2) is 10.9 Å². The second-order valence-electron chi connectivity index (χ2n) is 2.87. The van der Waals surface area contributed by atoms with Crippen LogP contribution in [0.1, 0.15) is 16.1 Å². The van der Waals surface area contributed by atoms with Gasteiger partial charge in [-0.25, -0.2) is 4.98 Å². The SMILES string of the molecule is O=C(Nc1nc(CCl)cs1)c1csc(Br)c1. The molecule has 2 aromatic rings. The molecule has 0 atom stereocenters. The molecule has 0 aliphatic heterocycles. The van der Waals surface area contributed by atoms with E-state index in [-0.39, 0.29) is 5.91 Å². The average molecular weight is 338 g/mol. The number of thiazole rings is 1. The van der Waals surface area contributed by atoms with E-state index in [0.29, 0.717) is 16.6 Å². The highest BCUT2D eigenvalue weighted by atomic mass is 79.9. The molecule has 7 heteroatoms. The number of anilines is 1. The zero-order chi connectivity index (χ0) is 11.5. The van der Waals surface area contributed by atoms with Crippen molar-refractivity contribution in [3.8, 4) is 0 Å². The minimum atomic E-state index is -0.155. The Morgan fingerprint density at radius 1 is 1.50 bits per heavy atom. The number of aromatic nitrogens is 1. The molecule has 1 amide bonds. The highest BCUT2D eigenvalue weighted by Gasteiger charge is 2.10. The highest BCUT2D eigenvalue weighted by molar-refractivity contribution is 9.11. The molecule has 0 spiro atoms. The number of amides is 1. The van der Waals surface area contributed by atoms with Crippen molar-refractivity contribution >= 4 is 61.2 Å². The molecule has 84 valence electrons. The summed E-state index contributed by atoms with van der Waals surface area (Å²) >= 11 is 11.8. The fourth-order valence-electron chi connectivity index (χ4n) is 1.02. The van der Waals surface area contributed by atoms with E-state index in [1.54, 1.807) is 11.4 Å². The first-order valence-electron chi connectivity index (χ1n) is 4.25. The maximum Gasteiger partial charge on any atom is 0.258 e. The van der Waals surface area contributed by atoms with E-state index < -0.39 is 0 Å². The van der Waals surface area contributed by atoms with Crippen molar-refractivity contribution in [1.82, 2.24) is 4.98 Å². The summed E-state index contributed by atoms with van der Waals surface area (Å²) in [6.45, 7) is 0. The lowest BCUT2D eigenvalue weighted by Gasteiger charge is -1.97. The minimum Gasteiger partial charge on any atom is -0.298 e. The van der Waals surface area contributed by atoms with Crippen LogP contribution in [0.3, 0.4) is 0 Å². The van der Waals surface area contributed by atoms with Crippen LogP contribution in [0, 0.1) is 0 Å². The Morgan fingerprint density at radius 2 is 2.31 bits per heavy atom. The van der Waals surface area contributed by atoms with Crippen LogP contribution in [0.25, 0.3) is 0 Å². The number of carbonyl (C=O) groups excluding carboxylic acids is 1. The van der Waals surface area contributed by atoms with Gasteiger partial charge in [-0.3, -0.25) is 10.1 Å². The number of nitrogens with zero attached hydrogens (tertiary/aromatic N) is 1. The fraction of sp³-hybridized carbons (Fsp3) is 0.111. The van der Waals surface area contributed by atoms with E-state index in [0.717, 1.165) is 9.48 Å². The molecular formula is C9H6BrClN2OS2.